The van der Waals surface area contributed by atoms with Crippen molar-refractivity contribution in [1.29, 1.82) is 0 Å². The topological polar surface area (TPSA) is 195 Å². The van der Waals surface area contributed by atoms with Crippen LogP contribution in [0.1, 0.15) is 65.7 Å². The molecule has 1 atom stereocenters. The minimum atomic E-state index is -0.997. The number of nitrogens with one attached hydrogen (secondary N) is 4. The number of halogens is 1. The van der Waals surface area contributed by atoms with Gasteiger partial charge in [-0.15, -0.1) is 0 Å². The van der Waals surface area contributed by atoms with Gasteiger partial charge < -0.3 is 20.3 Å². The Morgan fingerprint density at radius 3 is 2.41 bits per heavy atom. The molecule has 8 rings (SSSR count). The van der Waals surface area contributed by atoms with Gasteiger partial charge in [-0.2, -0.15) is 5.10 Å². The normalized spacial score (nSPS) is 16.9. The van der Waals surface area contributed by atoms with Gasteiger partial charge >= 0.3 is 0 Å². The minimum Gasteiger partial charge on any atom is -0.496 e. The molecule has 2 fully saturated rings. The smallest absolute Gasteiger partial charge is 0.264 e. The minimum absolute atomic E-state index is 0.0215. The molecule has 5 amide bonds. The van der Waals surface area contributed by atoms with Gasteiger partial charge in [-0.1, -0.05) is 43.5 Å². The van der Waals surface area contributed by atoms with E-state index in [0.717, 1.165) is 74.4 Å². The number of fused-ring (bicyclic) bond motifs is 2. The van der Waals surface area contributed by atoms with Crippen molar-refractivity contribution < 1.29 is 33.1 Å². The van der Waals surface area contributed by atoms with Gasteiger partial charge in [0, 0.05) is 62.6 Å². The number of piperidine rings is 1. The first-order valence-corrected chi connectivity index (χ1v) is 20.7. The summed E-state index contributed by atoms with van der Waals surface area (Å²) in [5, 5.41) is 16.0. The molecule has 2 aromatic heterocycles. The number of unbranched alkanes of at least 4 members (excludes halogenated alkanes) is 4. The highest BCUT2D eigenvalue weighted by Gasteiger charge is 2.45. The monoisotopic (exact) mass is 830 g/mol. The lowest BCUT2D eigenvalue weighted by molar-refractivity contribution is -0.136. The Morgan fingerprint density at radius 1 is 0.885 bits per heavy atom. The van der Waals surface area contributed by atoms with Crippen molar-refractivity contribution >= 4 is 51.9 Å². The molecule has 2 saturated heterocycles. The average Bonchev–Trinajstić information content (AvgIpc) is 3.80. The molecule has 0 bridgehead atoms. The summed E-state index contributed by atoms with van der Waals surface area (Å²) in [4.78, 5) is 77.5. The summed E-state index contributed by atoms with van der Waals surface area (Å²) in [6.07, 6.45) is 6.45. The molecule has 1 unspecified atom stereocenters. The zero-order chi connectivity index (χ0) is 42.5. The maximum absolute atomic E-state index is 14.8. The molecule has 3 aromatic carbocycles. The van der Waals surface area contributed by atoms with E-state index in [-0.39, 0.29) is 41.3 Å². The Kier molecular flexibility index (Phi) is 12.3. The molecule has 0 aliphatic carbocycles. The Labute approximate surface area is 351 Å². The number of rotatable bonds is 16. The lowest BCUT2D eigenvalue weighted by atomic mass is 10.0. The average molecular weight is 831 g/mol. The number of benzene rings is 3. The second kappa shape index (κ2) is 18.3. The first-order valence-electron chi connectivity index (χ1n) is 20.7. The van der Waals surface area contributed by atoms with Gasteiger partial charge in [-0.05, 0) is 55.7 Å². The summed E-state index contributed by atoms with van der Waals surface area (Å²) >= 11 is 0. The number of methoxy groups -OCH3 is 1. The van der Waals surface area contributed by atoms with Gasteiger partial charge in [0.1, 0.15) is 34.3 Å². The highest BCUT2D eigenvalue weighted by atomic mass is 19.1. The van der Waals surface area contributed by atoms with Crippen LogP contribution >= 0.6 is 0 Å². The molecular weight excluding hydrogens is 784 g/mol. The number of carbonyl (C=O) groups is 5. The van der Waals surface area contributed by atoms with Crippen LogP contribution in [0.5, 0.6) is 5.75 Å². The van der Waals surface area contributed by atoms with Crippen LogP contribution in [0.15, 0.2) is 66.9 Å². The molecule has 0 spiro atoms. The summed E-state index contributed by atoms with van der Waals surface area (Å²) in [5.74, 6) is -1.97. The number of nitrogens with zero attached hydrogens (tertiary/aromatic N) is 6. The van der Waals surface area contributed by atoms with Gasteiger partial charge in [0.2, 0.25) is 17.7 Å². The Balaban J connectivity index is 0.721. The molecule has 16 nitrogen and oxygen atoms in total. The number of ether oxygens (including phenoxy) is 1. The van der Waals surface area contributed by atoms with Crippen molar-refractivity contribution in [2.45, 2.75) is 51.0 Å². The highest BCUT2D eigenvalue weighted by Crippen LogP contribution is 2.34. The van der Waals surface area contributed by atoms with E-state index in [2.05, 4.69) is 58.0 Å². The van der Waals surface area contributed by atoms with Gasteiger partial charge in [-0.25, -0.2) is 14.4 Å². The number of hydrogen-bond acceptors (Lipinski definition) is 12. The highest BCUT2D eigenvalue weighted by molar-refractivity contribution is 6.25. The van der Waals surface area contributed by atoms with Crippen molar-refractivity contribution in [2.24, 2.45) is 0 Å². The number of imide groups is 2. The van der Waals surface area contributed by atoms with Crippen LogP contribution < -0.4 is 25.6 Å². The Hall–Kier alpha value is -6.75. The van der Waals surface area contributed by atoms with Crippen LogP contribution in [0.2, 0.25) is 0 Å². The van der Waals surface area contributed by atoms with E-state index in [1.165, 1.54) is 13.2 Å². The van der Waals surface area contributed by atoms with Crippen molar-refractivity contribution in [3.8, 4) is 28.4 Å². The van der Waals surface area contributed by atoms with Crippen molar-refractivity contribution in [2.75, 3.05) is 63.1 Å². The lowest BCUT2D eigenvalue weighted by Crippen LogP contribution is -2.54. The molecule has 3 aliphatic rings. The van der Waals surface area contributed by atoms with E-state index in [1.54, 1.807) is 36.5 Å². The van der Waals surface area contributed by atoms with E-state index in [9.17, 15) is 28.4 Å². The maximum Gasteiger partial charge on any atom is 0.264 e. The molecule has 17 heteroatoms. The first kappa shape index (κ1) is 41.0. The standard InChI is InChI=1S/C44H47FN10O6/c1-61-34-12-8-10-30(45)38(34)41-48-25-32-40(50-41)39(52-51-32)27-13-15-28(16-14-27)54-23-21-53(22-24-54)26-36(57)47-20-6-4-2-3-5-19-46-31-11-7-9-29-37(31)44(60)55(43(29)59)33-17-18-35(56)49-42(33)58/h7-16,25,33,46H,2-6,17-24,26H2,1H3,(H,47,57)(H,51,52)(H,49,56,58). The van der Waals surface area contributed by atoms with Crippen molar-refractivity contribution in [3.05, 3.63) is 83.8 Å². The molecule has 0 radical (unpaired) electrons. The van der Waals surface area contributed by atoms with E-state index < -0.39 is 35.5 Å². The SMILES string of the molecule is COc1cccc(F)c1-c1ncc2[nH]nc(-c3ccc(N4CCN(CC(=O)NCCCCCCCNc5cccc6c5C(=O)N(C5CCC(=O)NC5=O)C6=O)CC4)cc3)c2n1. The summed E-state index contributed by atoms with van der Waals surface area (Å²) in [6, 6.07) is 16.8. The molecule has 3 aliphatic heterocycles. The molecule has 61 heavy (non-hydrogen) atoms. The van der Waals surface area contributed by atoms with Crippen LogP contribution in [0, 0.1) is 5.82 Å². The molecule has 4 N–H and O–H groups in total. The quantitative estimate of drug-likeness (QED) is 0.0803. The fraction of sp³-hybridized carbons (Fsp3) is 0.364. The number of amides is 5. The van der Waals surface area contributed by atoms with Crippen LogP contribution in [0.25, 0.3) is 33.7 Å². The third kappa shape index (κ3) is 8.77. The zero-order valence-corrected chi connectivity index (χ0v) is 33.8. The first-order chi connectivity index (χ1) is 29.7. The Morgan fingerprint density at radius 2 is 1.64 bits per heavy atom. The second-order valence-electron chi connectivity index (χ2n) is 15.4. The summed E-state index contributed by atoms with van der Waals surface area (Å²) in [5.41, 5.74) is 5.06. The fourth-order valence-corrected chi connectivity index (χ4v) is 8.17. The molecule has 0 saturated carbocycles. The predicted molar refractivity (Wildman–Crippen MR) is 225 cm³/mol. The fourth-order valence-electron chi connectivity index (χ4n) is 8.17. The summed E-state index contributed by atoms with van der Waals surface area (Å²) in [6.45, 7) is 4.69. The Bertz CT molecular complexity index is 2470. The van der Waals surface area contributed by atoms with Gasteiger partial charge in [-0.3, -0.25) is 44.2 Å². The largest absolute Gasteiger partial charge is 0.496 e. The third-order valence-electron chi connectivity index (χ3n) is 11.4. The van der Waals surface area contributed by atoms with E-state index in [1.807, 2.05) is 12.1 Å². The number of piperazine rings is 1. The van der Waals surface area contributed by atoms with Crippen LogP contribution in [0.3, 0.4) is 0 Å². The van der Waals surface area contributed by atoms with Gasteiger partial charge in [0.05, 0.1) is 36.5 Å². The van der Waals surface area contributed by atoms with Gasteiger partial charge in [0.15, 0.2) is 5.82 Å². The van der Waals surface area contributed by atoms with Gasteiger partial charge in [0.25, 0.3) is 11.8 Å². The summed E-state index contributed by atoms with van der Waals surface area (Å²) in [7, 11) is 1.48. The second-order valence-corrected chi connectivity index (χ2v) is 15.4. The number of H-pyrrole nitrogens is 1. The molecular formula is C44H47FN10O6. The van der Waals surface area contributed by atoms with E-state index in [4.69, 9.17) is 4.74 Å². The number of hydrogen-bond donors (Lipinski definition) is 4. The van der Waals surface area contributed by atoms with Crippen LogP contribution in [0.4, 0.5) is 15.8 Å². The van der Waals surface area contributed by atoms with Crippen LogP contribution in [-0.4, -0.2) is 118 Å². The van der Waals surface area contributed by atoms with E-state index >= 15 is 0 Å². The van der Waals surface area contributed by atoms with Crippen molar-refractivity contribution in [3.63, 3.8) is 0 Å². The third-order valence-corrected chi connectivity index (χ3v) is 11.4. The summed E-state index contributed by atoms with van der Waals surface area (Å²) < 4.78 is 20.1. The number of aromatic nitrogens is 4. The number of aromatic amines is 1. The molecule has 316 valence electrons. The number of carbonyl (C=O) groups excluding carboxylic acids is 5. The number of anilines is 2. The zero-order valence-electron chi connectivity index (χ0n) is 33.8. The molecule has 5 aromatic rings. The predicted octanol–water partition coefficient (Wildman–Crippen LogP) is 4.54. The van der Waals surface area contributed by atoms with Crippen molar-refractivity contribution in [1.82, 2.24) is 40.6 Å². The van der Waals surface area contributed by atoms with E-state index in [0.29, 0.717) is 47.8 Å². The van der Waals surface area contributed by atoms with Crippen LogP contribution in [-0.2, 0) is 14.4 Å². The maximum atomic E-state index is 14.8. The molecule has 5 heterocycles. The lowest BCUT2D eigenvalue weighted by Gasteiger charge is -2.35.